The van der Waals surface area contributed by atoms with Gasteiger partial charge in [-0.25, -0.2) is 9.97 Å². The molecule has 0 unspecified atom stereocenters. The van der Waals surface area contributed by atoms with Crippen molar-refractivity contribution in [2.45, 2.75) is 32.6 Å². The third kappa shape index (κ3) is 5.95. The van der Waals surface area contributed by atoms with Crippen LogP contribution in [0.15, 0.2) is 69.9 Å². The summed E-state index contributed by atoms with van der Waals surface area (Å²) in [6.07, 6.45) is 8.61. The molecule has 1 aliphatic rings. The van der Waals surface area contributed by atoms with E-state index >= 15 is 0 Å². The van der Waals surface area contributed by atoms with Crippen molar-refractivity contribution in [2.75, 3.05) is 19.6 Å². The van der Waals surface area contributed by atoms with Crippen molar-refractivity contribution in [3.05, 3.63) is 83.5 Å². The maximum atomic E-state index is 12.3. The number of allylic oxidation sites excluding steroid dienone is 1. The Morgan fingerprint density at radius 1 is 1.03 bits per heavy atom. The van der Waals surface area contributed by atoms with E-state index in [4.69, 9.17) is 9.40 Å². The molecule has 8 nitrogen and oxygen atoms in total. The molecule has 36 heavy (non-hydrogen) atoms. The number of imidazole rings is 1. The molecule has 8 heteroatoms. The van der Waals surface area contributed by atoms with E-state index in [0.717, 1.165) is 48.4 Å². The average Bonchev–Trinajstić information content (AvgIpc) is 3.54. The lowest BCUT2D eigenvalue weighted by Crippen LogP contribution is -2.26. The van der Waals surface area contributed by atoms with E-state index in [0.29, 0.717) is 25.4 Å². The molecule has 0 bridgehead atoms. The predicted molar refractivity (Wildman–Crippen MR) is 141 cm³/mol. The average molecular weight is 483 g/mol. The van der Waals surface area contributed by atoms with Gasteiger partial charge in [-0.3, -0.25) is 9.79 Å². The normalized spacial score (nSPS) is 13.2. The van der Waals surface area contributed by atoms with Gasteiger partial charge in [0, 0.05) is 32.1 Å². The minimum atomic E-state index is -0.255. The second-order valence-corrected chi connectivity index (χ2v) is 8.93. The number of rotatable bonds is 10. The van der Waals surface area contributed by atoms with Crippen LogP contribution >= 0.6 is 0 Å². The zero-order valence-electron chi connectivity index (χ0n) is 20.4. The number of aromatic amines is 1. The highest BCUT2D eigenvalue weighted by Crippen LogP contribution is 2.24. The van der Waals surface area contributed by atoms with Crippen LogP contribution in [0.2, 0.25) is 0 Å². The number of aryl methyl sites for hydroxylation is 1. The first-order valence-electron chi connectivity index (χ1n) is 12.3. The van der Waals surface area contributed by atoms with Crippen molar-refractivity contribution in [3.8, 4) is 11.1 Å². The van der Waals surface area contributed by atoms with E-state index in [1.54, 1.807) is 0 Å². The quantitative estimate of drug-likeness (QED) is 0.291. The molecule has 3 N–H and O–H groups in total. The van der Waals surface area contributed by atoms with Gasteiger partial charge >= 0.3 is 0 Å². The maximum Gasteiger partial charge on any atom is 0.273 e. The number of carbonyl (C=O) groups excluding carboxylic acids is 1. The summed E-state index contributed by atoms with van der Waals surface area (Å²) in [6.45, 7) is 3.96. The Balaban J connectivity index is 1.06. The van der Waals surface area contributed by atoms with Crippen molar-refractivity contribution in [2.24, 2.45) is 4.99 Å². The molecule has 0 spiro atoms. The number of nitrogens with one attached hydrogen (secondary N) is 3. The fraction of sp³-hybridized carbons (Fsp3) is 0.286. The van der Waals surface area contributed by atoms with Gasteiger partial charge in [0.15, 0.2) is 11.6 Å². The smallest absolute Gasteiger partial charge is 0.273 e. The van der Waals surface area contributed by atoms with Gasteiger partial charge < -0.3 is 20.0 Å². The zero-order valence-corrected chi connectivity index (χ0v) is 20.4. The molecule has 0 fully saturated rings. The molecule has 1 aliphatic heterocycles. The Morgan fingerprint density at radius 2 is 1.86 bits per heavy atom. The van der Waals surface area contributed by atoms with Crippen molar-refractivity contribution in [1.29, 1.82) is 0 Å². The Morgan fingerprint density at radius 3 is 2.69 bits per heavy atom. The lowest BCUT2D eigenvalue weighted by Gasteiger charge is -2.06. The molecule has 2 aromatic carbocycles. The molecule has 0 aliphatic carbocycles. The minimum Gasteiger partial charge on any atom is -0.448 e. The van der Waals surface area contributed by atoms with Crippen LogP contribution in [0, 0.1) is 6.92 Å². The van der Waals surface area contributed by atoms with E-state index in [1.807, 2.05) is 12.3 Å². The molecule has 0 saturated heterocycles. The first kappa shape index (κ1) is 23.7. The summed E-state index contributed by atoms with van der Waals surface area (Å²) in [5, 5.41) is 6.22. The van der Waals surface area contributed by atoms with Crippen LogP contribution in [-0.4, -0.2) is 46.7 Å². The minimum absolute atomic E-state index is 0.255. The van der Waals surface area contributed by atoms with Crippen molar-refractivity contribution < 1.29 is 9.21 Å². The number of nitrogens with zero attached hydrogens (tertiary/aromatic N) is 3. The summed E-state index contributed by atoms with van der Waals surface area (Å²) in [7, 11) is 0. The first-order valence-corrected chi connectivity index (χ1v) is 12.3. The largest absolute Gasteiger partial charge is 0.448 e. The Kier molecular flexibility index (Phi) is 7.33. The highest BCUT2D eigenvalue weighted by atomic mass is 16.3. The third-order valence-electron chi connectivity index (χ3n) is 6.12. The number of carbonyl (C=O) groups is 1. The number of aromatic nitrogens is 3. The second kappa shape index (κ2) is 11.1. The fourth-order valence-corrected chi connectivity index (χ4v) is 4.10. The van der Waals surface area contributed by atoms with Gasteiger partial charge in [0.1, 0.15) is 12.1 Å². The standard InChI is InChI=1S/C28H30N6O2/c1-19-5-7-20(8-6-19)21-9-10-23-24(16-21)33-26(32-23)11-14-29-15-12-27-34-25(18-36-27)28(35)31-17-22-4-2-3-13-30-22/h4-10,13,16,18,29H,2-3,11-12,14-15,17H2,1H3,(H,31,35)(H,32,33). The number of hydrogen-bond donors (Lipinski definition) is 3. The van der Waals surface area contributed by atoms with E-state index in [-0.39, 0.29) is 11.6 Å². The van der Waals surface area contributed by atoms with Crippen LogP contribution < -0.4 is 10.6 Å². The first-order chi connectivity index (χ1) is 17.6. The summed E-state index contributed by atoms with van der Waals surface area (Å²) in [4.78, 5) is 29.0. The summed E-state index contributed by atoms with van der Waals surface area (Å²) in [6, 6.07) is 14.9. The molecule has 4 aromatic rings. The predicted octanol–water partition coefficient (Wildman–Crippen LogP) is 4.38. The van der Waals surface area contributed by atoms with Crippen LogP contribution in [0.5, 0.6) is 0 Å². The van der Waals surface area contributed by atoms with Crippen molar-refractivity contribution in [3.63, 3.8) is 0 Å². The van der Waals surface area contributed by atoms with Crippen LogP contribution in [0.3, 0.4) is 0 Å². The summed E-state index contributed by atoms with van der Waals surface area (Å²) in [5.41, 5.74) is 6.80. The number of benzene rings is 2. The lowest BCUT2D eigenvalue weighted by atomic mass is 10.0. The molecule has 2 aromatic heterocycles. The molecule has 184 valence electrons. The highest BCUT2D eigenvalue weighted by molar-refractivity contribution is 5.92. The van der Waals surface area contributed by atoms with Crippen LogP contribution in [-0.2, 0) is 12.8 Å². The molecule has 5 rings (SSSR count). The second-order valence-electron chi connectivity index (χ2n) is 8.93. The van der Waals surface area contributed by atoms with Crippen molar-refractivity contribution in [1.82, 2.24) is 25.6 Å². The van der Waals surface area contributed by atoms with E-state index in [1.165, 1.54) is 23.0 Å². The Labute approximate surface area is 210 Å². The number of fused-ring (bicyclic) bond motifs is 1. The SMILES string of the molecule is Cc1ccc(-c2ccc3nc(CCNCCc4nc(C(=O)NCC5=CCCC=N5)co4)[nH]c3c2)cc1. The van der Waals surface area contributed by atoms with Gasteiger partial charge in [-0.2, -0.15) is 0 Å². The molecule has 1 amide bonds. The number of oxazole rings is 1. The number of H-pyrrole nitrogens is 1. The number of amides is 1. The monoisotopic (exact) mass is 482 g/mol. The van der Waals surface area contributed by atoms with Crippen LogP contribution in [0.4, 0.5) is 0 Å². The van der Waals surface area contributed by atoms with E-state index < -0.39 is 0 Å². The summed E-state index contributed by atoms with van der Waals surface area (Å²) in [5.74, 6) is 1.23. The summed E-state index contributed by atoms with van der Waals surface area (Å²) >= 11 is 0. The zero-order chi connectivity index (χ0) is 24.7. The molecular weight excluding hydrogens is 452 g/mol. The van der Waals surface area contributed by atoms with E-state index in [2.05, 4.69) is 75.0 Å². The number of hydrogen-bond acceptors (Lipinski definition) is 6. The topological polar surface area (TPSA) is 108 Å². The Bertz CT molecular complexity index is 1400. The van der Waals surface area contributed by atoms with Gasteiger partial charge in [-0.15, -0.1) is 0 Å². The van der Waals surface area contributed by atoms with Crippen LogP contribution in [0.25, 0.3) is 22.2 Å². The molecule has 0 saturated carbocycles. The lowest BCUT2D eigenvalue weighted by molar-refractivity contribution is 0.0952. The van der Waals surface area contributed by atoms with E-state index in [9.17, 15) is 4.79 Å². The summed E-state index contributed by atoms with van der Waals surface area (Å²) < 4.78 is 5.46. The molecule has 0 radical (unpaired) electrons. The van der Waals surface area contributed by atoms with Gasteiger partial charge in [0.05, 0.1) is 23.3 Å². The molecule has 3 heterocycles. The van der Waals surface area contributed by atoms with Gasteiger partial charge in [-0.05, 0) is 43.0 Å². The fourth-order valence-electron chi connectivity index (χ4n) is 4.10. The van der Waals surface area contributed by atoms with Crippen molar-refractivity contribution >= 4 is 23.2 Å². The molecule has 0 atom stereocenters. The van der Waals surface area contributed by atoms with Gasteiger partial charge in [0.2, 0.25) is 0 Å². The highest BCUT2D eigenvalue weighted by Gasteiger charge is 2.13. The van der Waals surface area contributed by atoms with Gasteiger partial charge in [-0.1, -0.05) is 42.0 Å². The molecular formula is C28H30N6O2. The van der Waals surface area contributed by atoms with Crippen LogP contribution in [0.1, 0.15) is 40.6 Å². The maximum absolute atomic E-state index is 12.3. The Hall–Kier alpha value is -4.04. The third-order valence-corrected chi connectivity index (χ3v) is 6.12. The van der Waals surface area contributed by atoms with Gasteiger partial charge in [0.25, 0.3) is 5.91 Å². The number of aliphatic imine (C=N–C) groups is 1.